The number of nitriles is 1. The van der Waals surface area contributed by atoms with Gasteiger partial charge in [-0.25, -0.2) is 4.98 Å². The van der Waals surface area contributed by atoms with E-state index in [0.29, 0.717) is 28.3 Å². The molecule has 3 amide bonds. The molecule has 3 fully saturated rings. The predicted octanol–water partition coefficient (Wildman–Crippen LogP) is 8.39. The van der Waals surface area contributed by atoms with Crippen molar-refractivity contribution >= 4 is 57.8 Å². The van der Waals surface area contributed by atoms with E-state index in [1.54, 1.807) is 71.6 Å². The quantitative estimate of drug-likeness (QED) is 0.0528. The fourth-order valence-corrected chi connectivity index (χ4v) is 12.2. The van der Waals surface area contributed by atoms with Crippen LogP contribution in [-0.2, 0) is 38.3 Å². The average Bonchev–Trinajstić information content (AvgIpc) is 4.39. The molecule has 4 aliphatic rings. The number of carbonyl (C=O) groups is 3. The molecule has 78 heavy (non-hydrogen) atoms. The minimum Gasteiger partial charge on any atom is -0.491 e. The van der Waals surface area contributed by atoms with Crippen molar-refractivity contribution in [3.63, 3.8) is 0 Å². The third-order valence-electron chi connectivity index (χ3n) is 14.9. The Morgan fingerprint density at radius 2 is 1.64 bits per heavy atom. The molecule has 1 aliphatic carbocycles. The molecule has 4 heterocycles. The number of β-amino-alcohol motifs (C(OH)–C–C–N with tert-alkyl or cyclic N) is 1. The van der Waals surface area contributed by atoms with Gasteiger partial charge in [0.2, 0.25) is 11.8 Å². The van der Waals surface area contributed by atoms with Crippen molar-refractivity contribution in [3.8, 4) is 28.0 Å². The lowest BCUT2D eigenvalue weighted by molar-refractivity contribution is -0.143. The van der Waals surface area contributed by atoms with Crippen LogP contribution in [0.1, 0.15) is 91.7 Å². The van der Waals surface area contributed by atoms with Crippen LogP contribution in [0.3, 0.4) is 0 Å². The monoisotopic (exact) mass is 1110 g/mol. The molecule has 2 saturated heterocycles. The lowest BCUT2D eigenvalue weighted by Gasteiger charge is -2.35. The second-order valence-corrected chi connectivity index (χ2v) is 22.0. The van der Waals surface area contributed by atoms with Gasteiger partial charge in [-0.1, -0.05) is 44.2 Å². The van der Waals surface area contributed by atoms with E-state index in [9.17, 15) is 43.0 Å². The number of aliphatic hydroxyl groups is 2. The number of anilines is 2. The molecule has 0 spiro atoms. The van der Waals surface area contributed by atoms with E-state index >= 15 is 0 Å². The van der Waals surface area contributed by atoms with Gasteiger partial charge in [0.1, 0.15) is 36.8 Å². The smallest absolute Gasteiger partial charge is 0.417 e. The molecule has 0 bridgehead atoms. The largest absolute Gasteiger partial charge is 0.491 e. The molecule has 16 nitrogen and oxygen atoms in total. The Hall–Kier alpha value is -6.67. The van der Waals surface area contributed by atoms with Crippen molar-refractivity contribution in [2.75, 3.05) is 42.8 Å². The lowest BCUT2D eigenvalue weighted by atomic mass is 10.0. The van der Waals surface area contributed by atoms with Gasteiger partial charge < -0.3 is 49.2 Å². The number of thiocarbonyl (C=S) groups is 1. The van der Waals surface area contributed by atoms with Gasteiger partial charge in [0.05, 0.1) is 70.3 Å². The summed E-state index contributed by atoms with van der Waals surface area (Å²) >= 11 is 7.24. The van der Waals surface area contributed by atoms with Crippen molar-refractivity contribution in [1.82, 2.24) is 20.1 Å². The van der Waals surface area contributed by atoms with Gasteiger partial charge in [-0.15, -0.1) is 11.3 Å². The SMILES string of the molecule is Cc1ncsc1-c1ccc(CNC(=O)C2C[C@@H](O)CN2C(=O)[C@H](C(C)C)N2Cc3ccccc3C2=O)c(OCCOC2CCCC2OCCOc2ccc(N3C(=S)N(c4ccc(C#N)c(C(F)(F)F)c4)C(O)C3(C)C)cc2)c1. The van der Waals surface area contributed by atoms with Crippen molar-refractivity contribution < 1.29 is 56.7 Å². The molecule has 4 aromatic carbocycles. The maximum Gasteiger partial charge on any atom is 0.417 e. The zero-order valence-electron chi connectivity index (χ0n) is 43.9. The zero-order chi connectivity index (χ0) is 55.6. The third kappa shape index (κ3) is 11.6. The van der Waals surface area contributed by atoms with Crippen molar-refractivity contribution in [3.05, 3.63) is 124 Å². The number of aromatic nitrogens is 1. The van der Waals surface area contributed by atoms with Crippen LogP contribution in [0.25, 0.3) is 10.4 Å². The number of halogens is 3. The summed E-state index contributed by atoms with van der Waals surface area (Å²) in [5.74, 6) is -0.206. The van der Waals surface area contributed by atoms with Gasteiger partial charge in [-0.05, 0) is 124 Å². The Morgan fingerprint density at radius 1 is 0.949 bits per heavy atom. The first-order chi connectivity index (χ1) is 37.3. The summed E-state index contributed by atoms with van der Waals surface area (Å²) in [6.45, 7) is 10.5. The van der Waals surface area contributed by atoms with E-state index < -0.39 is 53.2 Å². The second kappa shape index (κ2) is 23.3. The van der Waals surface area contributed by atoms with E-state index in [1.165, 1.54) is 27.2 Å². The van der Waals surface area contributed by atoms with Crippen molar-refractivity contribution in [2.24, 2.45) is 5.92 Å². The summed E-state index contributed by atoms with van der Waals surface area (Å²) in [4.78, 5) is 53.1. The number of nitrogens with one attached hydrogen (secondary N) is 1. The van der Waals surface area contributed by atoms with Gasteiger partial charge in [-0.3, -0.25) is 19.3 Å². The average molecular weight is 1110 g/mol. The lowest BCUT2D eigenvalue weighted by Crippen LogP contribution is -2.55. The molecule has 9 rings (SSSR count). The number of nitrogens with zero attached hydrogens (tertiary/aromatic N) is 6. The van der Waals surface area contributed by atoms with Crippen LogP contribution in [0.4, 0.5) is 24.5 Å². The molecule has 0 radical (unpaired) electrons. The Balaban J connectivity index is 0.769. The molecule has 3 aliphatic heterocycles. The molecule has 3 N–H and O–H groups in total. The highest BCUT2D eigenvalue weighted by molar-refractivity contribution is 7.80. The Labute approximate surface area is 460 Å². The highest BCUT2D eigenvalue weighted by atomic mass is 32.1. The van der Waals surface area contributed by atoms with Gasteiger partial charge in [0.25, 0.3) is 5.91 Å². The zero-order valence-corrected chi connectivity index (χ0v) is 45.5. The van der Waals surface area contributed by atoms with E-state index in [2.05, 4.69) is 10.3 Å². The number of hydrogen-bond acceptors (Lipinski definition) is 13. The van der Waals surface area contributed by atoms with E-state index in [0.717, 1.165) is 53.1 Å². The molecular weight excluding hydrogens is 1050 g/mol. The van der Waals surface area contributed by atoms with E-state index in [-0.39, 0.29) is 93.2 Å². The maximum atomic E-state index is 14.3. The summed E-state index contributed by atoms with van der Waals surface area (Å²) in [7, 11) is 0. The van der Waals surface area contributed by atoms with Crippen LogP contribution < -0.4 is 24.6 Å². The van der Waals surface area contributed by atoms with Crippen molar-refractivity contribution in [1.29, 1.82) is 5.26 Å². The van der Waals surface area contributed by atoms with Crippen LogP contribution in [0.2, 0.25) is 0 Å². The number of amides is 3. The third-order valence-corrected chi connectivity index (χ3v) is 16.2. The number of carbonyl (C=O) groups excluding carboxylic acids is 3. The highest BCUT2D eigenvalue weighted by Crippen LogP contribution is 2.42. The summed E-state index contributed by atoms with van der Waals surface area (Å²) in [5.41, 5.74) is 3.54. The van der Waals surface area contributed by atoms with Crippen LogP contribution in [0, 0.1) is 24.2 Å². The molecular formula is C57H62F3N7O9S2. The number of likely N-dealkylation sites (tertiary alicyclic amines) is 1. The molecule has 4 unspecified atom stereocenters. The normalized spacial score (nSPS) is 21.3. The number of aliphatic hydroxyl groups excluding tert-OH is 2. The Kier molecular flexibility index (Phi) is 16.8. The fraction of sp³-hybridized carbons (Fsp3) is 0.439. The van der Waals surface area contributed by atoms with Gasteiger partial charge in [0, 0.05) is 48.6 Å². The van der Waals surface area contributed by atoms with E-state index in [4.69, 9.17) is 31.2 Å². The summed E-state index contributed by atoms with van der Waals surface area (Å²) in [5, 5.41) is 34.6. The second-order valence-electron chi connectivity index (χ2n) is 20.8. The summed E-state index contributed by atoms with van der Waals surface area (Å²) < 4.78 is 66.5. The number of hydrogen-bond donors (Lipinski definition) is 3. The molecule has 6 atom stereocenters. The molecule has 1 aromatic heterocycles. The van der Waals surface area contributed by atoms with Crippen LogP contribution in [0.5, 0.6) is 11.5 Å². The summed E-state index contributed by atoms with van der Waals surface area (Å²) in [6.07, 6.45) is -4.77. The topological polar surface area (TPSA) is 190 Å². The Bertz CT molecular complexity index is 3080. The molecule has 412 valence electrons. The predicted molar refractivity (Wildman–Crippen MR) is 290 cm³/mol. The minimum absolute atomic E-state index is 0.00441. The summed E-state index contributed by atoms with van der Waals surface area (Å²) in [6, 6.07) is 23.1. The first kappa shape index (κ1) is 56.1. The van der Waals surface area contributed by atoms with Gasteiger partial charge in [-0.2, -0.15) is 18.4 Å². The van der Waals surface area contributed by atoms with E-state index in [1.807, 2.05) is 51.1 Å². The minimum atomic E-state index is -4.78. The number of rotatable bonds is 19. The van der Waals surface area contributed by atoms with Crippen LogP contribution in [0.15, 0.2) is 90.4 Å². The Morgan fingerprint density at radius 3 is 2.29 bits per heavy atom. The van der Waals surface area contributed by atoms with Crippen LogP contribution in [-0.4, -0.2) is 123 Å². The number of aryl methyl sites for hydroxylation is 1. The molecule has 5 aromatic rings. The fourth-order valence-electron chi connectivity index (χ4n) is 10.9. The first-order valence-electron chi connectivity index (χ1n) is 26.0. The molecule has 21 heteroatoms. The maximum absolute atomic E-state index is 14.3. The number of thiazole rings is 1. The van der Waals surface area contributed by atoms with Crippen molar-refractivity contribution in [2.45, 2.75) is 122 Å². The number of alkyl halides is 3. The number of fused-ring (bicyclic) bond motifs is 1. The van der Waals surface area contributed by atoms with Crippen LogP contribution >= 0.6 is 23.6 Å². The number of benzene rings is 4. The molecule has 1 saturated carbocycles. The standard InChI is InChI=1S/C57H62F3N7O9S2/c1-33(2)49(65-30-38-9-6-7-10-43(38)52(65)70)53(71)64-31-41(68)27-45(64)51(69)62-29-37-14-13-35(50-34(3)63-32-78-50)25-48(37)76-24-23-75-47-12-8-11-46(47)74-22-21-73-42-19-17-39(18-20-42)67-55(77)66(54(72)56(67,4)5)40-16-15-36(28-61)44(26-40)57(58,59)60/h6-7,9-10,13-20,25-26,32-33,41,45-47,49,54,68,72H,8,11-12,21-24,27,29-31H2,1-5H3,(H,62,69)/t41-,45?,46?,47?,49+,54?/m1/s1. The highest BCUT2D eigenvalue weighted by Gasteiger charge is 2.51. The van der Waals surface area contributed by atoms with Gasteiger partial charge in [0.15, 0.2) is 11.3 Å². The number of ether oxygens (including phenoxy) is 4. The first-order valence-corrected chi connectivity index (χ1v) is 27.3. The van der Waals surface area contributed by atoms with Gasteiger partial charge >= 0.3 is 6.18 Å².